The molecule has 0 heterocycles. The molecule has 0 saturated heterocycles. The van der Waals surface area contributed by atoms with Crippen molar-refractivity contribution in [1.29, 1.82) is 0 Å². The maximum absolute atomic E-state index is 10.6. The van der Waals surface area contributed by atoms with E-state index in [0.29, 0.717) is 12.4 Å². The quantitative estimate of drug-likeness (QED) is 0.805. The van der Waals surface area contributed by atoms with Gasteiger partial charge in [0.2, 0.25) is 0 Å². The largest absolute Gasteiger partial charge is 0.488 e. The summed E-state index contributed by atoms with van der Waals surface area (Å²) in [6, 6.07) is 6.29. The monoisotopic (exact) mass is 210 g/mol. The summed E-state index contributed by atoms with van der Waals surface area (Å²) in [5, 5.41) is 8.68. The maximum atomic E-state index is 10.6. The molecule has 1 N–H and O–H groups in total. The summed E-state index contributed by atoms with van der Waals surface area (Å²) >= 11 is 0. The highest BCUT2D eigenvalue weighted by Crippen LogP contribution is 2.13. The highest BCUT2D eigenvalue weighted by atomic mass is 16.5. The summed E-state index contributed by atoms with van der Waals surface area (Å²) in [5.41, 5.74) is 0.252. The van der Waals surface area contributed by atoms with Gasteiger partial charge in [-0.3, -0.25) is 0 Å². The molecule has 82 valence electrons. The molecule has 1 aromatic carbocycles. The first kappa shape index (κ1) is 11.5. The van der Waals surface area contributed by atoms with Gasteiger partial charge in [-0.05, 0) is 31.2 Å². The van der Waals surface area contributed by atoms with E-state index in [-0.39, 0.29) is 11.7 Å². The Bertz CT molecular complexity index is 318. The number of methoxy groups -OCH3 is 1. The molecule has 0 aliphatic carbocycles. The molecule has 0 aliphatic heterocycles. The fraction of sp³-hybridized carbons (Fsp3) is 0.364. The first-order valence-corrected chi connectivity index (χ1v) is 4.62. The number of ether oxygens (including phenoxy) is 2. The zero-order valence-corrected chi connectivity index (χ0v) is 8.77. The van der Waals surface area contributed by atoms with Crippen LogP contribution in [0.5, 0.6) is 5.75 Å². The van der Waals surface area contributed by atoms with Gasteiger partial charge in [0.25, 0.3) is 0 Å². The Kier molecular flexibility index (Phi) is 4.12. The number of aromatic carboxylic acids is 1. The number of benzene rings is 1. The minimum Gasteiger partial charge on any atom is -0.488 e. The maximum Gasteiger partial charge on any atom is 0.335 e. The van der Waals surface area contributed by atoms with Gasteiger partial charge in [0.15, 0.2) is 0 Å². The lowest BCUT2D eigenvalue weighted by atomic mass is 10.2. The predicted molar refractivity (Wildman–Crippen MR) is 55.4 cm³/mol. The van der Waals surface area contributed by atoms with Crippen LogP contribution in [0.2, 0.25) is 0 Å². The van der Waals surface area contributed by atoms with Gasteiger partial charge >= 0.3 is 5.97 Å². The molecule has 0 aliphatic rings. The van der Waals surface area contributed by atoms with Gasteiger partial charge in [0, 0.05) is 7.11 Å². The number of rotatable bonds is 5. The van der Waals surface area contributed by atoms with Crippen molar-refractivity contribution >= 4 is 5.97 Å². The molecular weight excluding hydrogens is 196 g/mol. The number of hydrogen-bond donors (Lipinski definition) is 1. The molecule has 0 bridgehead atoms. The minimum atomic E-state index is -0.938. The van der Waals surface area contributed by atoms with Crippen LogP contribution in [-0.2, 0) is 4.74 Å². The van der Waals surface area contributed by atoms with Gasteiger partial charge in [0.05, 0.1) is 12.2 Å². The van der Waals surface area contributed by atoms with Gasteiger partial charge in [-0.2, -0.15) is 0 Å². The topological polar surface area (TPSA) is 55.8 Å². The van der Waals surface area contributed by atoms with Crippen LogP contribution in [0, 0.1) is 0 Å². The van der Waals surface area contributed by atoms with E-state index in [1.165, 1.54) is 12.1 Å². The van der Waals surface area contributed by atoms with Crippen LogP contribution in [0.15, 0.2) is 24.3 Å². The van der Waals surface area contributed by atoms with Gasteiger partial charge in [-0.25, -0.2) is 4.79 Å². The van der Waals surface area contributed by atoms with Crippen molar-refractivity contribution in [3.63, 3.8) is 0 Å². The van der Waals surface area contributed by atoms with Crippen molar-refractivity contribution in [2.75, 3.05) is 13.7 Å². The van der Waals surface area contributed by atoms with Crippen molar-refractivity contribution < 1.29 is 19.4 Å². The van der Waals surface area contributed by atoms with E-state index in [0.717, 1.165) is 0 Å². The Labute approximate surface area is 88.4 Å². The zero-order valence-electron chi connectivity index (χ0n) is 8.77. The summed E-state index contributed by atoms with van der Waals surface area (Å²) in [6.45, 7) is 2.38. The highest BCUT2D eigenvalue weighted by molar-refractivity contribution is 5.87. The van der Waals surface area contributed by atoms with Crippen LogP contribution in [0.3, 0.4) is 0 Å². The fourth-order valence-electron chi connectivity index (χ4n) is 1.18. The van der Waals surface area contributed by atoms with Crippen molar-refractivity contribution in [3.8, 4) is 5.75 Å². The second kappa shape index (κ2) is 5.36. The van der Waals surface area contributed by atoms with Crippen LogP contribution in [0.25, 0.3) is 0 Å². The lowest BCUT2D eigenvalue weighted by Gasteiger charge is -2.13. The van der Waals surface area contributed by atoms with Crippen molar-refractivity contribution in [2.24, 2.45) is 0 Å². The Balaban J connectivity index is 2.60. The van der Waals surface area contributed by atoms with E-state index in [9.17, 15) is 4.79 Å². The average molecular weight is 210 g/mol. The molecule has 0 saturated carbocycles. The Morgan fingerprint density at radius 2 is 2.00 bits per heavy atom. The SMILES string of the molecule is COC[C@@H](C)Oc1ccc(C(=O)O)cc1. The molecule has 1 rings (SSSR count). The van der Waals surface area contributed by atoms with E-state index in [2.05, 4.69) is 0 Å². The Hall–Kier alpha value is -1.55. The molecule has 1 aromatic rings. The molecule has 0 radical (unpaired) electrons. The van der Waals surface area contributed by atoms with E-state index < -0.39 is 5.97 Å². The van der Waals surface area contributed by atoms with Gasteiger partial charge in [-0.15, -0.1) is 0 Å². The standard InChI is InChI=1S/C11H14O4/c1-8(7-14-2)15-10-5-3-9(4-6-10)11(12)13/h3-6,8H,7H2,1-2H3,(H,12,13)/t8-/m1/s1. The third kappa shape index (κ3) is 3.59. The number of carboxylic acids is 1. The molecule has 4 nitrogen and oxygen atoms in total. The lowest BCUT2D eigenvalue weighted by Crippen LogP contribution is -2.17. The molecule has 4 heteroatoms. The molecule has 15 heavy (non-hydrogen) atoms. The van der Waals surface area contributed by atoms with Crippen molar-refractivity contribution in [1.82, 2.24) is 0 Å². The number of carboxylic acid groups (broad SMARTS) is 1. The average Bonchev–Trinajstić information content (AvgIpc) is 2.18. The first-order valence-electron chi connectivity index (χ1n) is 4.62. The molecule has 1 atom stereocenters. The molecule has 0 amide bonds. The third-order valence-electron chi connectivity index (χ3n) is 1.84. The third-order valence-corrected chi connectivity index (χ3v) is 1.84. The number of hydrogen-bond acceptors (Lipinski definition) is 3. The number of carbonyl (C=O) groups is 1. The van der Waals surface area contributed by atoms with Crippen LogP contribution < -0.4 is 4.74 Å². The van der Waals surface area contributed by atoms with E-state index in [1.807, 2.05) is 6.92 Å². The van der Waals surface area contributed by atoms with E-state index in [1.54, 1.807) is 19.2 Å². The second-order valence-electron chi connectivity index (χ2n) is 3.21. The normalized spacial score (nSPS) is 12.1. The molecule has 0 fully saturated rings. The second-order valence-corrected chi connectivity index (χ2v) is 3.21. The van der Waals surface area contributed by atoms with Gasteiger partial charge in [0.1, 0.15) is 11.9 Å². The fourth-order valence-corrected chi connectivity index (χ4v) is 1.18. The van der Waals surface area contributed by atoms with Gasteiger partial charge in [-0.1, -0.05) is 0 Å². The molecular formula is C11H14O4. The summed E-state index contributed by atoms with van der Waals surface area (Å²) in [7, 11) is 1.60. The van der Waals surface area contributed by atoms with Crippen LogP contribution in [0.4, 0.5) is 0 Å². The zero-order chi connectivity index (χ0) is 11.3. The van der Waals surface area contributed by atoms with E-state index in [4.69, 9.17) is 14.6 Å². The van der Waals surface area contributed by atoms with Crippen LogP contribution >= 0.6 is 0 Å². The highest BCUT2D eigenvalue weighted by Gasteiger charge is 2.05. The summed E-state index contributed by atoms with van der Waals surface area (Å²) in [6.07, 6.45) is -0.0503. The first-order chi connectivity index (χ1) is 7.13. The molecule has 0 unspecified atom stereocenters. The summed E-state index contributed by atoms with van der Waals surface area (Å²) in [4.78, 5) is 10.6. The van der Waals surface area contributed by atoms with E-state index >= 15 is 0 Å². The lowest BCUT2D eigenvalue weighted by molar-refractivity contribution is 0.0696. The molecule has 0 aromatic heterocycles. The molecule has 0 spiro atoms. The Morgan fingerprint density at radius 3 is 2.47 bits per heavy atom. The van der Waals surface area contributed by atoms with Crippen LogP contribution in [-0.4, -0.2) is 30.9 Å². The van der Waals surface area contributed by atoms with Gasteiger partial charge < -0.3 is 14.6 Å². The predicted octanol–water partition coefficient (Wildman–Crippen LogP) is 1.80. The minimum absolute atomic E-state index is 0.0503. The summed E-state index contributed by atoms with van der Waals surface area (Å²) in [5.74, 6) is -0.295. The van der Waals surface area contributed by atoms with Crippen molar-refractivity contribution in [2.45, 2.75) is 13.0 Å². The van der Waals surface area contributed by atoms with Crippen molar-refractivity contribution in [3.05, 3.63) is 29.8 Å². The Morgan fingerprint density at radius 1 is 1.40 bits per heavy atom. The smallest absolute Gasteiger partial charge is 0.335 e. The van der Waals surface area contributed by atoms with Crippen LogP contribution in [0.1, 0.15) is 17.3 Å². The summed E-state index contributed by atoms with van der Waals surface area (Å²) < 4.78 is 10.4.